The van der Waals surface area contributed by atoms with Crippen LogP contribution in [-0.4, -0.2) is 20.9 Å². The number of para-hydroxylation sites is 1. The number of non-ortho nitro benzene ring substituents is 1. The number of benzene rings is 2. The van der Waals surface area contributed by atoms with Crippen molar-refractivity contribution in [1.29, 1.82) is 0 Å². The van der Waals surface area contributed by atoms with E-state index in [1.165, 1.54) is 12.1 Å². The molecule has 1 heterocycles. The highest BCUT2D eigenvalue weighted by Crippen LogP contribution is 2.23. The molecule has 0 fully saturated rings. The summed E-state index contributed by atoms with van der Waals surface area (Å²) < 4.78 is 0. The average molecular weight is 368 g/mol. The molecule has 0 atom stereocenters. The Kier molecular flexibility index (Phi) is 7.81. The summed E-state index contributed by atoms with van der Waals surface area (Å²) in [5.41, 5.74) is 12.6. The lowest BCUT2D eigenvalue weighted by Crippen LogP contribution is -2.22. The van der Waals surface area contributed by atoms with Gasteiger partial charge in [-0.2, -0.15) is 4.99 Å². The van der Waals surface area contributed by atoms with Crippen molar-refractivity contribution in [3.63, 3.8) is 0 Å². The molecular weight excluding hydrogens is 344 g/mol. The number of fused-ring (bicyclic) bond motifs is 1. The van der Waals surface area contributed by atoms with Crippen LogP contribution in [0.25, 0.3) is 10.9 Å². The standard InChI is InChI=1S/C16H14N6O2.C2H6.CH4/c17-16(18)21-15-12-3-1-2-4-13(12)19-14(20-15)9-10-5-7-11(8-6-10)22(23)24;1-2;/h1-8H,9H2,(H4,17,18,19,20,21);1-2H3;1H4. The zero-order valence-electron chi connectivity index (χ0n) is 14.6. The summed E-state index contributed by atoms with van der Waals surface area (Å²) in [6, 6.07) is 13.7. The van der Waals surface area contributed by atoms with E-state index in [0.717, 1.165) is 16.5 Å². The van der Waals surface area contributed by atoms with E-state index in [1.807, 2.05) is 38.1 Å². The van der Waals surface area contributed by atoms with Gasteiger partial charge >= 0.3 is 0 Å². The number of nitrogens with two attached hydrogens (primary N) is 2. The van der Waals surface area contributed by atoms with E-state index in [4.69, 9.17) is 11.5 Å². The van der Waals surface area contributed by atoms with Gasteiger partial charge < -0.3 is 11.5 Å². The van der Waals surface area contributed by atoms with Gasteiger partial charge in [0.25, 0.3) is 5.69 Å². The Balaban J connectivity index is 0.00000118. The molecule has 27 heavy (non-hydrogen) atoms. The SMILES string of the molecule is C.CC.NC(N)=Nc1nc(Cc2ccc([N+](=O)[O-])cc2)nc2ccccc12. The first-order chi connectivity index (χ1) is 12.5. The fraction of sp³-hybridized carbons (Fsp3) is 0.211. The van der Waals surface area contributed by atoms with Gasteiger partial charge in [-0.05, 0) is 17.7 Å². The molecule has 3 aromatic rings. The Morgan fingerprint density at radius 3 is 2.30 bits per heavy atom. The van der Waals surface area contributed by atoms with E-state index in [2.05, 4.69) is 15.0 Å². The second-order valence-electron chi connectivity index (χ2n) is 5.12. The first kappa shape index (κ1) is 21.5. The van der Waals surface area contributed by atoms with Crippen LogP contribution in [0.15, 0.2) is 53.5 Å². The van der Waals surface area contributed by atoms with E-state index >= 15 is 0 Å². The van der Waals surface area contributed by atoms with Gasteiger partial charge in [0.2, 0.25) is 0 Å². The van der Waals surface area contributed by atoms with E-state index in [0.29, 0.717) is 18.1 Å². The van der Waals surface area contributed by atoms with Crippen LogP contribution in [0, 0.1) is 10.1 Å². The van der Waals surface area contributed by atoms with E-state index in [-0.39, 0.29) is 19.1 Å². The van der Waals surface area contributed by atoms with Crippen molar-refractivity contribution < 1.29 is 4.92 Å². The summed E-state index contributed by atoms with van der Waals surface area (Å²) >= 11 is 0. The smallest absolute Gasteiger partial charge is 0.269 e. The summed E-state index contributed by atoms with van der Waals surface area (Å²) in [6.45, 7) is 4.00. The van der Waals surface area contributed by atoms with Crippen LogP contribution in [0.5, 0.6) is 0 Å². The topological polar surface area (TPSA) is 133 Å². The van der Waals surface area contributed by atoms with E-state index < -0.39 is 4.92 Å². The summed E-state index contributed by atoms with van der Waals surface area (Å²) in [7, 11) is 0. The lowest BCUT2D eigenvalue weighted by atomic mass is 10.1. The van der Waals surface area contributed by atoms with Crippen molar-refractivity contribution >= 4 is 28.4 Å². The van der Waals surface area contributed by atoms with Gasteiger partial charge in [-0.3, -0.25) is 10.1 Å². The molecule has 2 aromatic carbocycles. The maximum absolute atomic E-state index is 10.7. The predicted octanol–water partition coefficient (Wildman–Crippen LogP) is 3.70. The molecule has 0 amide bonds. The Hall–Kier alpha value is -3.55. The zero-order valence-corrected chi connectivity index (χ0v) is 14.6. The molecule has 0 aliphatic carbocycles. The van der Waals surface area contributed by atoms with Crippen LogP contribution >= 0.6 is 0 Å². The molecule has 1 aromatic heterocycles. The van der Waals surface area contributed by atoms with Crippen molar-refractivity contribution in [2.45, 2.75) is 27.7 Å². The molecule has 0 saturated carbocycles. The molecule has 4 N–H and O–H groups in total. The van der Waals surface area contributed by atoms with Gasteiger partial charge in [0, 0.05) is 23.9 Å². The fourth-order valence-electron chi connectivity index (χ4n) is 2.31. The second-order valence-corrected chi connectivity index (χ2v) is 5.12. The highest BCUT2D eigenvalue weighted by Gasteiger charge is 2.09. The number of nitrogens with zero attached hydrogens (tertiary/aromatic N) is 4. The summed E-state index contributed by atoms with van der Waals surface area (Å²) in [4.78, 5) is 23.2. The zero-order chi connectivity index (χ0) is 19.1. The van der Waals surface area contributed by atoms with Crippen LogP contribution in [0.2, 0.25) is 0 Å². The van der Waals surface area contributed by atoms with E-state index in [1.54, 1.807) is 12.1 Å². The van der Waals surface area contributed by atoms with Gasteiger partial charge in [0.15, 0.2) is 11.8 Å². The number of aromatic nitrogens is 2. The van der Waals surface area contributed by atoms with Crippen molar-refractivity contribution in [2.24, 2.45) is 16.5 Å². The van der Waals surface area contributed by atoms with Gasteiger partial charge in [0.05, 0.1) is 10.4 Å². The molecule has 0 bridgehead atoms. The lowest BCUT2D eigenvalue weighted by Gasteiger charge is -2.06. The molecule has 0 radical (unpaired) electrons. The predicted molar refractivity (Wildman–Crippen MR) is 109 cm³/mol. The molecule has 0 unspecified atom stereocenters. The highest BCUT2D eigenvalue weighted by atomic mass is 16.6. The van der Waals surface area contributed by atoms with E-state index in [9.17, 15) is 10.1 Å². The lowest BCUT2D eigenvalue weighted by molar-refractivity contribution is -0.384. The van der Waals surface area contributed by atoms with Crippen LogP contribution in [0.4, 0.5) is 11.5 Å². The van der Waals surface area contributed by atoms with Crippen molar-refractivity contribution in [1.82, 2.24) is 9.97 Å². The number of nitro benzene ring substituents is 1. The van der Waals surface area contributed by atoms with Gasteiger partial charge in [0.1, 0.15) is 5.82 Å². The number of hydrogen-bond acceptors (Lipinski definition) is 5. The summed E-state index contributed by atoms with van der Waals surface area (Å²) in [6.07, 6.45) is 0.413. The van der Waals surface area contributed by atoms with Crippen LogP contribution in [0.1, 0.15) is 32.7 Å². The quantitative estimate of drug-likeness (QED) is 0.312. The van der Waals surface area contributed by atoms with Crippen molar-refractivity contribution in [2.75, 3.05) is 0 Å². The Morgan fingerprint density at radius 1 is 1.07 bits per heavy atom. The molecule has 0 aliphatic rings. The molecule has 8 nitrogen and oxygen atoms in total. The van der Waals surface area contributed by atoms with Crippen LogP contribution in [0.3, 0.4) is 0 Å². The third kappa shape index (κ3) is 5.46. The minimum absolute atomic E-state index is 0. The number of hydrogen-bond donors (Lipinski definition) is 2. The molecule has 0 aliphatic heterocycles. The normalized spacial score (nSPS) is 9.56. The number of rotatable bonds is 4. The number of aliphatic imine (C=N–C) groups is 1. The molecule has 142 valence electrons. The molecular formula is C19H24N6O2. The maximum atomic E-state index is 10.7. The summed E-state index contributed by atoms with van der Waals surface area (Å²) in [5.74, 6) is 0.847. The van der Waals surface area contributed by atoms with Crippen LogP contribution in [-0.2, 0) is 6.42 Å². The van der Waals surface area contributed by atoms with Crippen molar-refractivity contribution in [3.8, 4) is 0 Å². The largest absolute Gasteiger partial charge is 0.370 e. The first-order valence-electron chi connectivity index (χ1n) is 8.11. The summed E-state index contributed by atoms with van der Waals surface area (Å²) in [5, 5.41) is 11.5. The maximum Gasteiger partial charge on any atom is 0.269 e. The van der Waals surface area contributed by atoms with Gasteiger partial charge in [-0.15, -0.1) is 0 Å². The third-order valence-electron chi connectivity index (χ3n) is 3.37. The Morgan fingerprint density at radius 2 is 1.70 bits per heavy atom. The monoisotopic (exact) mass is 368 g/mol. The Bertz CT molecular complexity index is 935. The number of nitro groups is 1. The van der Waals surface area contributed by atoms with Crippen molar-refractivity contribution in [3.05, 3.63) is 70.0 Å². The highest BCUT2D eigenvalue weighted by molar-refractivity contribution is 5.91. The van der Waals surface area contributed by atoms with Gasteiger partial charge in [-0.25, -0.2) is 9.97 Å². The van der Waals surface area contributed by atoms with Gasteiger partial charge in [-0.1, -0.05) is 45.5 Å². The molecule has 0 spiro atoms. The minimum atomic E-state index is -0.437. The van der Waals surface area contributed by atoms with Crippen LogP contribution < -0.4 is 11.5 Å². The molecule has 3 rings (SSSR count). The Labute approximate surface area is 158 Å². The second kappa shape index (κ2) is 9.81. The number of guanidine groups is 1. The fourth-order valence-corrected chi connectivity index (χ4v) is 2.31. The third-order valence-corrected chi connectivity index (χ3v) is 3.37. The first-order valence-corrected chi connectivity index (χ1v) is 8.11. The minimum Gasteiger partial charge on any atom is -0.370 e. The molecule has 0 saturated heterocycles. The molecule has 8 heteroatoms. The average Bonchev–Trinajstić information content (AvgIpc) is 2.63.